The van der Waals surface area contributed by atoms with Crippen molar-refractivity contribution in [3.63, 3.8) is 0 Å². The van der Waals surface area contributed by atoms with Crippen LogP contribution in [0.15, 0.2) is 47.1 Å². The number of nitrogens with one attached hydrogen (secondary N) is 2. The Hall–Kier alpha value is -1.78. The monoisotopic (exact) mass is 362 g/mol. The fourth-order valence-corrected chi connectivity index (χ4v) is 2.89. The number of aromatic amines is 1. The highest BCUT2D eigenvalue weighted by Gasteiger charge is 2.13. The minimum absolute atomic E-state index is 0.144. The Morgan fingerprint density at radius 1 is 1.24 bits per heavy atom. The third-order valence-electron chi connectivity index (χ3n) is 3.33. The van der Waals surface area contributed by atoms with Crippen molar-refractivity contribution in [2.45, 2.75) is 6.92 Å². The average Bonchev–Trinajstić information content (AvgIpc) is 2.84. The molecule has 21 heavy (non-hydrogen) atoms. The lowest BCUT2D eigenvalue weighted by Gasteiger charge is -2.08. The van der Waals surface area contributed by atoms with Crippen LogP contribution in [0, 0.1) is 6.92 Å². The van der Waals surface area contributed by atoms with Gasteiger partial charge in [-0.25, -0.2) is 0 Å². The van der Waals surface area contributed by atoms with E-state index in [2.05, 4.69) is 26.2 Å². The Morgan fingerprint density at radius 2 is 2.05 bits per heavy atom. The first-order chi connectivity index (χ1) is 10.0. The van der Waals surface area contributed by atoms with Gasteiger partial charge in [-0.1, -0.05) is 33.6 Å². The quantitative estimate of drug-likeness (QED) is 0.650. The van der Waals surface area contributed by atoms with E-state index < -0.39 is 0 Å². The van der Waals surface area contributed by atoms with Gasteiger partial charge in [0.2, 0.25) is 0 Å². The molecule has 0 aliphatic rings. The molecule has 106 valence electrons. The molecule has 0 bridgehead atoms. The summed E-state index contributed by atoms with van der Waals surface area (Å²) >= 11 is 9.36. The van der Waals surface area contributed by atoms with E-state index in [1.54, 1.807) is 18.3 Å². The van der Waals surface area contributed by atoms with Crippen molar-refractivity contribution in [1.82, 2.24) is 4.98 Å². The molecule has 0 atom stereocenters. The maximum absolute atomic E-state index is 12.4. The summed E-state index contributed by atoms with van der Waals surface area (Å²) < 4.78 is 0.986. The molecular formula is C16H12BrClN2O. The molecule has 0 aliphatic heterocycles. The SMILES string of the molecule is Cc1cc(Br)ccc1NC(=O)c1c[nH]c2cc(Cl)ccc12. The molecule has 1 aromatic heterocycles. The summed E-state index contributed by atoms with van der Waals surface area (Å²) in [6.07, 6.45) is 1.70. The topological polar surface area (TPSA) is 44.9 Å². The van der Waals surface area contributed by atoms with Crippen molar-refractivity contribution >= 4 is 50.0 Å². The van der Waals surface area contributed by atoms with Gasteiger partial charge in [0.25, 0.3) is 5.91 Å². The molecule has 0 spiro atoms. The van der Waals surface area contributed by atoms with E-state index in [1.807, 2.05) is 31.2 Å². The normalized spacial score (nSPS) is 10.8. The van der Waals surface area contributed by atoms with Gasteiger partial charge in [-0.2, -0.15) is 0 Å². The van der Waals surface area contributed by atoms with Crippen LogP contribution in [-0.4, -0.2) is 10.9 Å². The molecule has 2 aromatic carbocycles. The summed E-state index contributed by atoms with van der Waals surface area (Å²) in [6.45, 7) is 1.95. The van der Waals surface area contributed by atoms with Crippen LogP contribution in [-0.2, 0) is 0 Å². The Balaban J connectivity index is 1.94. The second-order valence-electron chi connectivity index (χ2n) is 4.81. The second-order valence-corrected chi connectivity index (χ2v) is 6.16. The first-order valence-electron chi connectivity index (χ1n) is 6.39. The number of rotatable bonds is 2. The minimum atomic E-state index is -0.144. The fourth-order valence-electron chi connectivity index (χ4n) is 2.24. The maximum atomic E-state index is 12.4. The third kappa shape index (κ3) is 2.82. The number of H-pyrrole nitrogens is 1. The summed E-state index contributed by atoms with van der Waals surface area (Å²) in [5.74, 6) is -0.144. The lowest BCUT2D eigenvalue weighted by Crippen LogP contribution is -2.12. The molecule has 2 N–H and O–H groups in total. The van der Waals surface area contributed by atoms with Crippen LogP contribution in [0.3, 0.4) is 0 Å². The maximum Gasteiger partial charge on any atom is 0.257 e. The summed E-state index contributed by atoms with van der Waals surface area (Å²) in [6, 6.07) is 11.2. The molecule has 0 unspecified atom stereocenters. The number of hydrogen-bond donors (Lipinski definition) is 2. The standard InChI is InChI=1S/C16H12BrClN2O/c1-9-6-10(17)2-5-14(9)20-16(21)13-8-19-15-7-11(18)3-4-12(13)15/h2-8,19H,1H3,(H,20,21). The van der Waals surface area contributed by atoms with E-state index in [0.29, 0.717) is 10.6 Å². The number of amides is 1. The number of aryl methyl sites for hydroxylation is 1. The second kappa shape index (κ2) is 5.54. The van der Waals surface area contributed by atoms with Gasteiger partial charge in [0.15, 0.2) is 0 Å². The van der Waals surface area contributed by atoms with Gasteiger partial charge in [0, 0.05) is 32.3 Å². The zero-order valence-electron chi connectivity index (χ0n) is 11.2. The van der Waals surface area contributed by atoms with Crippen LogP contribution < -0.4 is 5.32 Å². The van der Waals surface area contributed by atoms with E-state index in [0.717, 1.165) is 26.6 Å². The minimum Gasteiger partial charge on any atom is -0.360 e. The van der Waals surface area contributed by atoms with Gasteiger partial charge in [-0.05, 0) is 42.8 Å². The number of hydrogen-bond acceptors (Lipinski definition) is 1. The van der Waals surface area contributed by atoms with Crippen LogP contribution >= 0.6 is 27.5 Å². The summed E-state index contributed by atoms with van der Waals surface area (Å²) in [7, 11) is 0. The first kappa shape index (κ1) is 14.2. The van der Waals surface area contributed by atoms with Crippen molar-refractivity contribution in [3.8, 4) is 0 Å². The van der Waals surface area contributed by atoms with Gasteiger partial charge in [0.1, 0.15) is 0 Å². The molecule has 0 saturated heterocycles. The highest BCUT2D eigenvalue weighted by molar-refractivity contribution is 9.10. The highest BCUT2D eigenvalue weighted by Crippen LogP contribution is 2.24. The van der Waals surface area contributed by atoms with E-state index in [9.17, 15) is 4.79 Å². The fraction of sp³-hybridized carbons (Fsp3) is 0.0625. The Bertz CT molecular complexity index is 841. The average molecular weight is 364 g/mol. The van der Waals surface area contributed by atoms with Gasteiger partial charge in [0.05, 0.1) is 5.56 Å². The molecule has 3 aromatic rings. The van der Waals surface area contributed by atoms with E-state index in [4.69, 9.17) is 11.6 Å². The number of fused-ring (bicyclic) bond motifs is 1. The van der Waals surface area contributed by atoms with Gasteiger partial charge in [-0.3, -0.25) is 4.79 Å². The van der Waals surface area contributed by atoms with Crippen LogP contribution in [0.5, 0.6) is 0 Å². The van der Waals surface area contributed by atoms with Crippen LogP contribution in [0.25, 0.3) is 10.9 Å². The van der Waals surface area contributed by atoms with Crippen LogP contribution in [0.2, 0.25) is 5.02 Å². The van der Waals surface area contributed by atoms with Crippen molar-refractivity contribution < 1.29 is 4.79 Å². The van der Waals surface area contributed by atoms with E-state index in [1.165, 1.54) is 0 Å². The molecular weight excluding hydrogens is 352 g/mol. The van der Waals surface area contributed by atoms with Crippen molar-refractivity contribution in [2.24, 2.45) is 0 Å². The third-order valence-corrected chi connectivity index (χ3v) is 4.05. The number of anilines is 1. The van der Waals surface area contributed by atoms with E-state index in [-0.39, 0.29) is 5.91 Å². The Kier molecular flexibility index (Phi) is 3.74. The largest absolute Gasteiger partial charge is 0.360 e. The molecule has 0 saturated carbocycles. The molecule has 0 radical (unpaired) electrons. The lowest BCUT2D eigenvalue weighted by atomic mass is 10.1. The first-order valence-corrected chi connectivity index (χ1v) is 7.56. The number of halogens is 2. The van der Waals surface area contributed by atoms with Gasteiger partial charge in [-0.15, -0.1) is 0 Å². The van der Waals surface area contributed by atoms with Crippen molar-refractivity contribution in [1.29, 1.82) is 0 Å². The predicted octanol–water partition coefficient (Wildman–Crippen LogP) is 5.14. The molecule has 3 nitrogen and oxygen atoms in total. The van der Waals surface area contributed by atoms with Gasteiger partial charge >= 0.3 is 0 Å². The molecule has 0 aliphatic carbocycles. The molecule has 3 rings (SSSR count). The van der Waals surface area contributed by atoms with Crippen LogP contribution in [0.4, 0.5) is 5.69 Å². The van der Waals surface area contributed by atoms with E-state index >= 15 is 0 Å². The summed E-state index contributed by atoms with van der Waals surface area (Å²) in [5.41, 5.74) is 3.25. The lowest BCUT2D eigenvalue weighted by molar-refractivity contribution is 0.102. The zero-order valence-corrected chi connectivity index (χ0v) is 13.5. The Labute approximate surface area is 135 Å². The smallest absolute Gasteiger partial charge is 0.257 e. The van der Waals surface area contributed by atoms with Gasteiger partial charge < -0.3 is 10.3 Å². The molecule has 1 amide bonds. The number of carbonyl (C=O) groups is 1. The van der Waals surface area contributed by atoms with Crippen molar-refractivity contribution in [2.75, 3.05) is 5.32 Å². The summed E-state index contributed by atoms with van der Waals surface area (Å²) in [4.78, 5) is 15.5. The van der Waals surface area contributed by atoms with Crippen molar-refractivity contribution in [3.05, 3.63) is 63.2 Å². The molecule has 5 heteroatoms. The summed E-state index contributed by atoms with van der Waals surface area (Å²) in [5, 5.41) is 4.43. The zero-order chi connectivity index (χ0) is 15.0. The van der Waals surface area contributed by atoms with Crippen LogP contribution in [0.1, 0.15) is 15.9 Å². The highest BCUT2D eigenvalue weighted by atomic mass is 79.9. The number of benzene rings is 2. The molecule has 1 heterocycles. The molecule has 0 fully saturated rings. The predicted molar refractivity (Wildman–Crippen MR) is 90.1 cm³/mol. The number of aromatic nitrogens is 1. The number of carbonyl (C=O) groups excluding carboxylic acids is 1. The Morgan fingerprint density at radius 3 is 2.81 bits per heavy atom.